The van der Waals surface area contributed by atoms with E-state index in [-0.39, 0.29) is 0 Å². The smallest absolute Gasteiger partial charge is 0.203 e. The molecule has 0 saturated carbocycles. The Morgan fingerprint density at radius 1 is 1.00 bits per heavy atom. The van der Waals surface area contributed by atoms with Gasteiger partial charge in [-0.15, -0.1) is 10.2 Å². The molecule has 3 rings (SSSR count). The number of rotatable bonds is 4. The molecule has 0 unspecified atom stereocenters. The molecule has 0 fully saturated rings. The summed E-state index contributed by atoms with van der Waals surface area (Å²) in [6.45, 7) is 8.67. The molecule has 3 aromatic heterocycles. The van der Waals surface area contributed by atoms with Crippen molar-refractivity contribution in [3.63, 3.8) is 0 Å². The largest absolute Gasteiger partial charge is 0.384 e. The number of nitrogens with zero attached hydrogens (tertiary/aromatic N) is 4. The van der Waals surface area contributed by atoms with Crippen LogP contribution in [0.3, 0.4) is 0 Å². The minimum atomic E-state index is 0.475. The molecule has 7 heteroatoms. The maximum atomic E-state index is 5.53. The van der Waals surface area contributed by atoms with Gasteiger partial charge in [0.1, 0.15) is 17.2 Å². The third-order valence-electron chi connectivity index (χ3n) is 3.63. The molecule has 0 radical (unpaired) electrons. The Kier molecular flexibility index (Phi) is 8.56. The van der Waals surface area contributed by atoms with Crippen molar-refractivity contribution in [2.75, 3.05) is 11.5 Å². The van der Waals surface area contributed by atoms with Crippen LogP contribution in [0.1, 0.15) is 45.4 Å². The zero-order chi connectivity index (χ0) is 21.2. The predicted octanol–water partition coefficient (Wildman–Crippen LogP) is 4.44. The van der Waals surface area contributed by atoms with Crippen LogP contribution in [0.2, 0.25) is 0 Å². The average molecular weight is 409 g/mol. The number of pyridine rings is 2. The molecule has 0 aliphatic carbocycles. The van der Waals surface area contributed by atoms with Crippen LogP contribution < -0.4 is 11.5 Å². The zero-order valence-electron chi connectivity index (χ0n) is 17.4. The highest BCUT2D eigenvalue weighted by Crippen LogP contribution is 2.22. The first-order valence-corrected chi connectivity index (χ1v) is 10.4. The van der Waals surface area contributed by atoms with Gasteiger partial charge in [0.05, 0.1) is 0 Å². The standard InChI is InChI=1S/C11H14N4S.C11H14N2/c1-7(2)5-8-3-4-9(13-6-8)10-14-15-11(12)16-10;1-9(2)5-3-6-10-7-4-8-11(12)13-10/h3-4,6-7H,5H2,1-2H3,(H2,12,15);4,7-9H,5H2,1-2H3,(H2,12,13). The molecule has 0 aromatic carbocycles. The van der Waals surface area contributed by atoms with Crippen molar-refractivity contribution in [1.29, 1.82) is 0 Å². The Morgan fingerprint density at radius 2 is 1.79 bits per heavy atom. The van der Waals surface area contributed by atoms with Crippen LogP contribution in [0.25, 0.3) is 10.7 Å². The van der Waals surface area contributed by atoms with Gasteiger partial charge < -0.3 is 11.5 Å². The van der Waals surface area contributed by atoms with E-state index in [1.165, 1.54) is 16.9 Å². The molecule has 152 valence electrons. The highest BCUT2D eigenvalue weighted by atomic mass is 32.1. The molecule has 4 N–H and O–H groups in total. The van der Waals surface area contributed by atoms with Gasteiger partial charge in [-0.2, -0.15) is 0 Å². The fourth-order valence-electron chi connectivity index (χ4n) is 2.35. The van der Waals surface area contributed by atoms with Crippen molar-refractivity contribution < 1.29 is 0 Å². The van der Waals surface area contributed by atoms with Gasteiger partial charge in [0.15, 0.2) is 5.01 Å². The first-order chi connectivity index (χ1) is 13.8. The molecule has 3 heterocycles. The van der Waals surface area contributed by atoms with Crippen LogP contribution in [-0.2, 0) is 6.42 Å². The SMILES string of the molecule is CC(C)CC#Cc1cccc(N)n1.CC(C)Cc1ccc(-c2nnc(N)s2)nc1. The van der Waals surface area contributed by atoms with Crippen molar-refractivity contribution in [2.45, 2.75) is 40.5 Å². The van der Waals surface area contributed by atoms with Gasteiger partial charge in [-0.05, 0) is 47.9 Å². The van der Waals surface area contributed by atoms with Gasteiger partial charge in [-0.25, -0.2) is 4.98 Å². The second-order valence-corrected chi connectivity index (χ2v) is 8.45. The lowest BCUT2D eigenvalue weighted by atomic mass is 10.0. The van der Waals surface area contributed by atoms with Crippen molar-refractivity contribution in [3.8, 4) is 22.5 Å². The normalized spacial score (nSPS) is 10.3. The van der Waals surface area contributed by atoms with Crippen molar-refractivity contribution in [3.05, 3.63) is 47.8 Å². The van der Waals surface area contributed by atoms with Crippen LogP contribution in [0.4, 0.5) is 10.9 Å². The lowest BCUT2D eigenvalue weighted by Crippen LogP contribution is -1.95. The minimum Gasteiger partial charge on any atom is -0.384 e. The maximum Gasteiger partial charge on any atom is 0.203 e. The van der Waals surface area contributed by atoms with Crippen LogP contribution in [0, 0.1) is 23.7 Å². The van der Waals surface area contributed by atoms with E-state index in [2.05, 4.69) is 65.8 Å². The Labute approximate surface area is 176 Å². The maximum absolute atomic E-state index is 5.53. The first kappa shape index (κ1) is 22.3. The lowest BCUT2D eigenvalue weighted by molar-refractivity contribution is 0.646. The van der Waals surface area contributed by atoms with E-state index in [1.54, 1.807) is 6.07 Å². The van der Waals surface area contributed by atoms with E-state index >= 15 is 0 Å². The quantitative estimate of drug-likeness (QED) is 0.619. The van der Waals surface area contributed by atoms with E-state index in [1.807, 2.05) is 24.4 Å². The van der Waals surface area contributed by atoms with Gasteiger partial charge in [0.25, 0.3) is 0 Å². The number of nitrogen functional groups attached to an aromatic ring is 2. The molecule has 0 spiro atoms. The average Bonchev–Trinajstić information content (AvgIpc) is 3.09. The van der Waals surface area contributed by atoms with E-state index in [0.717, 1.165) is 29.2 Å². The number of hydrogen-bond donors (Lipinski definition) is 2. The van der Waals surface area contributed by atoms with Gasteiger partial charge in [0.2, 0.25) is 5.13 Å². The minimum absolute atomic E-state index is 0.475. The molecular formula is C22H28N6S. The summed E-state index contributed by atoms with van der Waals surface area (Å²) < 4.78 is 0. The second-order valence-electron chi connectivity index (χ2n) is 7.44. The molecule has 0 amide bonds. The fraction of sp³-hybridized carbons (Fsp3) is 0.364. The second kappa shape index (κ2) is 11.1. The van der Waals surface area contributed by atoms with Crippen molar-refractivity contribution >= 4 is 22.3 Å². The molecule has 0 bridgehead atoms. The van der Waals surface area contributed by atoms with Crippen LogP contribution >= 0.6 is 11.3 Å². The summed E-state index contributed by atoms with van der Waals surface area (Å²) in [5, 5.41) is 8.97. The van der Waals surface area contributed by atoms with Crippen LogP contribution in [-0.4, -0.2) is 20.2 Å². The van der Waals surface area contributed by atoms with Gasteiger partial charge in [-0.1, -0.05) is 57.1 Å². The molecule has 0 saturated heterocycles. The molecule has 0 atom stereocenters. The van der Waals surface area contributed by atoms with E-state index in [4.69, 9.17) is 11.5 Å². The Hall–Kier alpha value is -2.98. The fourth-order valence-corrected chi connectivity index (χ4v) is 2.93. The van der Waals surface area contributed by atoms with Gasteiger partial charge in [0, 0.05) is 12.6 Å². The molecular weight excluding hydrogens is 380 g/mol. The third kappa shape index (κ3) is 8.28. The summed E-state index contributed by atoms with van der Waals surface area (Å²) in [5.74, 6) is 7.81. The highest BCUT2D eigenvalue weighted by molar-refractivity contribution is 7.18. The predicted molar refractivity (Wildman–Crippen MR) is 121 cm³/mol. The molecule has 3 aromatic rings. The zero-order valence-corrected chi connectivity index (χ0v) is 18.2. The molecule has 0 aliphatic rings. The number of aromatic nitrogens is 4. The van der Waals surface area contributed by atoms with Gasteiger partial charge >= 0.3 is 0 Å². The van der Waals surface area contributed by atoms with Gasteiger partial charge in [-0.3, -0.25) is 4.98 Å². The number of hydrogen-bond acceptors (Lipinski definition) is 7. The summed E-state index contributed by atoms with van der Waals surface area (Å²) in [5.41, 5.74) is 13.9. The molecule has 0 aliphatic heterocycles. The summed E-state index contributed by atoms with van der Waals surface area (Å²) in [6.07, 6.45) is 3.84. The first-order valence-electron chi connectivity index (χ1n) is 9.59. The highest BCUT2D eigenvalue weighted by Gasteiger charge is 2.06. The summed E-state index contributed by atoms with van der Waals surface area (Å²) in [7, 11) is 0. The summed E-state index contributed by atoms with van der Waals surface area (Å²) >= 11 is 1.35. The number of anilines is 2. The van der Waals surface area contributed by atoms with Crippen LogP contribution in [0.15, 0.2) is 36.5 Å². The Bertz CT molecular complexity index is 951. The summed E-state index contributed by atoms with van der Waals surface area (Å²) in [4.78, 5) is 8.44. The third-order valence-corrected chi connectivity index (χ3v) is 4.40. The number of nitrogens with two attached hydrogens (primary N) is 2. The van der Waals surface area contributed by atoms with Crippen molar-refractivity contribution in [1.82, 2.24) is 20.2 Å². The van der Waals surface area contributed by atoms with E-state index in [9.17, 15) is 0 Å². The Morgan fingerprint density at radius 3 is 2.34 bits per heavy atom. The Balaban J connectivity index is 0.000000212. The van der Waals surface area contributed by atoms with E-state index < -0.39 is 0 Å². The molecule has 29 heavy (non-hydrogen) atoms. The molecule has 6 nitrogen and oxygen atoms in total. The van der Waals surface area contributed by atoms with Crippen LogP contribution in [0.5, 0.6) is 0 Å². The topological polar surface area (TPSA) is 104 Å². The lowest BCUT2D eigenvalue weighted by Gasteiger charge is -2.04. The van der Waals surface area contributed by atoms with Crippen molar-refractivity contribution in [2.24, 2.45) is 11.8 Å². The monoisotopic (exact) mass is 408 g/mol. The van der Waals surface area contributed by atoms with E-state index in [0.29, 0.717) is 22.8 Å². The summed E-state index contributed by atoms with van der Waals surface area (Å²) in [6, 6.07) is 9.54.